The molecule has 0 aromatic rings. The van der Waals surface area contributed by atoms with E-state index >= 15 is 0 Å². The Morgan fingerprint density at radius 3 is 1.96 bits per heavy atom. The molecule has 138 valence electrons. The Labute approximate surface area is 171 Å². The van der Waals surface area contributed by atoms with Gasteiger partial charge in [0.2, 0.25) is 5.91 Å². The van der Waals surface area contributed by atoms with Crippen molar-refractivity contribution in [3.63, 3.8) is 0 Å². The summed E-state index contributed by atoms with van der Waals surface area (Å²) < 4.78 is -3.11. The average molecular weight is 459 g/mol. The molecule has 1 aliphatic heterocycles. The fourth-order valence-corrected chi connectivity index (χ4v) is 2.67. The van der Waals surface area contributed by atoms with Crippen molar-refractivity contribution in [3.8, 4) is 0 Å². The largest absolute Gasteiger partial charge is 0.328 e. The monoisotopic (exact) mass is 456 g/mol. The molecule has 24 heavy (non-hydrogen) atoms. The van der Waals surface area contributed by atoms with Crippen LogP contribution in [0.15, 0.2) is 11.8 Å². The van der Waals surface area contributed by atoms with E-state index in [1.165, 1.54) is 30.0 Å². The lowest BCUT2D eigenvalue weighted by molar-refractivity contribution is -0.149. The van der Waals surface area contributed by atoms with Gasteiger partial charge in [-0.15, -0.1) is 0 Å². The van der Waals surface area contributed by atoms with Crippen molar-refractivity contribution in [1.29, 1.82) is 0 Å². The van der Waals surface area contributed by atoms with Crippen molar-refractivity contribution in [2.75, 3.05) is 14.1 Å². The van der Waals surface area contributed by atoms with E-state index in [2.05, 4.69) is 0 Å². The van der Waals surface area contributed by atoms with Crippen LogP contribution < -0.4 is 0 Å². The summed E-state index contributed by atoms with van der Waals surface area (Å²) in [7, 11) is 3.02. The molecule has 0 saturated carbocycles. The highest BCUT2D eigenvalue weighted by Gasteiger charge is 2.43. The van der Waals surface area contributed by atoms with E-state index in [0.29, 0.717) is 0 Å². The van der Waals surface area contributed by atoms with E-state index in [4.69, 9.17) is 69.6 Å². The smallest absolute Gasteiger partial charge is 0.270 e. The molecule has 3 atom stereocenters. The second kappa shape index (κ2) is 7.98. The molecule has 0 bridgehead atoms. The van der Waals surface area contributed by atoms with Crippen LogP contribution in [-0.4, -0.2) is 49.3 Å². The summed E-state index contributed by atoms with van der Waals surface area (Å²) in [6, 6.07) is -0.728. The van der Waals surface area contributed by atoms with Gasteiger partial charge in [0.15, 0.2) is 7.59 Å². The van der Waals surface area contributed by atoms with Crippen molar-refractivity contribution >= 4 is 81.4 Å². The molecule has 10 heteroatoms. The third kappa shape index (κ3) is 5.21. The molecule has 4 nitrogen and oxygen atoms in total. The summed E-state index contributed by atoms with van der Waals surface area (Å²) in [6.07, 6.45) is 1.69. The maximum atomic E-state index is 12.6. The number of nitrogens with zero attached hydrogens (tertiary/aromatic N) is 2. The van der Waals surface area contributed by atoms with E-state index in [0.717, 1.165) is 0 Å². The fraction of sp³-hybridized carbons (Fsp3) is 0.714. The number of rotatable bonds is 3. The molecule has 1 saturated heterocycles. The van der Waals surface area contributed by atoms with E-state index in [9.17, 15) is 9.59 Å². The summed E-state index contributed by atoms with van der Waals surface area (Å²) in [5.74, 6) is -1.65. The number of amides is 2. The van der Waals surface area contributed by atoms with E-state index in [1.807, 2.05) is 0 Å². The molecule has 0 aromatic carbocycles. The second-order valence-corrected chi connectivity index (χ2v) is 10.6. The van der Waals surface area contributed by atoms with Gasteiger partial charge in [-0.05, 0) is 12.5 Å². The van der Waals surface area contributed by atoms with Gasteiger partial charge < -0.3 is 9.80 Å². The minimum absolute atomic E-state index is 0.152. The number of hydrogen-bond acceptors (Lipinski definition) is 2. The highest BCUT2D eigenvalue weighted by Crippen LogP contribution is 2.39. The van der Waals surface area contributed by atoms with Gasteiger partial charge in [0.05, 0.1) is 0 Å². The third-order valence-corrected chi connectivity index (χ3v) is 6.19. The standard InChI is InChI=1S/C14H18Cl6N2O2/c1-7(13(15,16)17)5-9-11(23)22(4)10(12(24)21(9)3)6-8(2)14(18,19)20/h5,7-8,10H,6H2,1-4H3/b9-5-/t7-,8+,10-/m1/s1. The quantitative estimate of drug-likeness (QED) is 0.459. The van der Waals surface area contributed by atoms with Crippen LogP contribution >= 0.6 is 69.6 Å². The Bertz CT molecular complexity index is 540. The normalized spacial score (nSPS) is 24.6. The topological polar surface area (TPSA) is 40.6 Å². The highest BCUT2D eigenvalue weighted by atomic mass is 35.6. The van der Waals surface area contributed by atoms with E-state index < -0.39 is 25.5 Å². The first-order valence-electron chi connectivity index (χ1n) is 7.07. The molecule has 0 aromatic heterocycles. The first kappa shape index (κ1) is 22.5. The molecule has 0 N–H and O–H groups in total. The molecule has 2 amide bonds. The molecule has 0 aliphatic carbocycles. The summed E-state index contributed by atoms with van der Waals surface area (Å²) >= 11 is 35.1. The van der Waals surface area contributed by atoms with Crippen molar-refractivity contribution < 1.29 is 9.59 Å². The van der Waals surface area contributed by atoms with Gasteiger partial charge in [0, 0.05) is 25.9 Å². The fourth-order valence-electron chi connectivity index (χ4n) is 2.22. The van der Waals surface area contributed by atoms with Crippen molar-refractivity contribution in [1.82, 2.24) is 9.80 Å². The molecule has 0 radical (unpaired) electrons. The summed E-state index contributed by atoms with van der Waals surface area (Å²) in [4.78, 5) is 27.8. The Morgan fingerprint density at radius 2 is 1.54 bits per heavy atom. The zero-order valence-electron chi connectivity index (χ0n) is 13.5. The van der Waals surface area contributed by atoms with E-state index in [1.54, 1.807) is 13.8 Å². The average Bonchev–Trinajstić information content (AvgIpc) is 2.43. The van der Waals surface area contributed by atoms with Crippen molar-refractivity contribution in [2.45, 2.75) is 33.9 Å². The van der Waals surface area contributed by atoms with Crippen LogP contribution in [0.2, 0.25) is 0 Å². The number of carbonyl (C=O) groups excluding carboxylic acids is 2. The van der Waals surface area contributed by atoms with Crippen LogP contribution in [-0.2, 0) is 9.59 Å². The Balaban J connectivity index is 3.09. The second-order valence-electron chi connectivity index (χ2n) is 5.89. The van der Waals surface area contributed by atoms with Crippen LogP contribution in [0.5, 0.6) is 0 Å². The van der Waals surface area contributed by atoms with Gasteiger partial charge in [-0.25, -0.2) is 0 Å². The zero-order valence-corrected chi connectivity index (χ0v) is 18.0. The Hall–Kier alpha value is 0.420. The lowest BCUT2D eigenvalue weighted by Gasteiger charge is -2.40. The van der Waals surface area contributed by atoms with Crippen molar-refractivity contribution in [2.24, 2.45) is 11.8 Å². The summed E-state index contributed by atoms with van der Waals surface area (Å²) in [6.45, 7) is 3.34. The lowest BCUT2D eigenvalue weighted by Crippen LogP contribution is -2.56. The number of hydrogen-bond donors (Lipinski definition) is 0. The molecule has 0 spiro atoms. The molecular weight excluding hydrogens is 441 g/mol. The van der Waals surface area contributed by atoms with Crippen LogP contribution in [0.25, 0.3) is 0 Å². The maximum Gasteiger partial charge on any atom is 0.270 e. The first-order chi connectivity index (χ1) is 10.7. The van der Waals surface area contributed by atoms with Gasteiger partial charge in [-0.3, -0.25) is 9.59 Å². The maximum absolute atomic E-state index is 12.6. The van der Waals surface area contributed by atoms with Crippen LogP contribution in [0.4, 0.5) is 0 Å². The first-order valence-corrected chi connectivity index (χ1v) is 9.34. The SMILES string of the molecule is C[C@H](/C=C1/C(=O)N(C)[C@H](C[C@H](C)C(Cl)(Cl)Cl)C(=O)N1C)C(Cl)(Cl)Cl. The number of alkyl halides is 6. The number of piperazine rings is 1. The Morgan fingerprint density at radius 1 is 1.04 bits per heavy atom. The summed E-state index contributed by atoms with van der Waals surface area (Å²) in [5.41, 5.74) is 0.152. The number of allylic oxidation sites excluding steroid dienone is 1. The molecule has 1 heterocycles. The summed E-state index contributed by atoms with van der Waals surface area (Å²) in [5, 5.41) is 0. The molecule has 1 rings (SSSR count). The molecule has 0 unspecified atom stereocenters. The number of carbonyl (C=O) groups is 2. The third-order valence-electron chi connectivity index (χ3n) is 4.04. The lowest BCUT2D eigenvalue weighted by atomic mass is 9.97. The minimum Gasteiger partial charge on any atom is -0.328 e. The Kier molecular flexibility index (Phi) is 7.46. The highest BCUT2D eigenvalue weighted by molar-refractivity contribution is 6.68. The molecular formula is C14H18Cl6N2O2. The zero-order chi connectivity index (χ0) is 19.0. The van der Waals surface area contributed by atoms with Gasteiger partial charge in [-0.2, -0.15) is 0 Å². The van der Waals surface area contributed by atoms with Gasteiger partial charge in [0.25, 0.3) is 5.91 Å². The predicted octanol–water partition coefficient (Wildman–Crippen LogP) is 4.57. The van der Waals surface area contributed by atoms with Crippen LogP contribution in [0, 0.1) is 11.8 Å². The number of halogens is 6. The van der Waals surface area contributed by atoms with Gasteiger partial charge >= 0.3 is 0 Å². The molecule has 1 aliphatic rings. The molecule has 1 fully saturated rings. The van der Waals surface area contributed by atoms with Gasteiger partial charge in [0.1, 0.15) is 11.7 Å². The van der Waals surface area contributed by atoms with Crippen molar-refractivity contribution in [3.05, 3.63) is 11.8 Å². The van der Waals surface area contributed by atoms with Crippen LogP contribution in [0.3, 0.4) is 0 Å². The number of likely N-dealkylation sites (N-methyl/N-ethyl adjacent to an activating group) is 2. The van der Waals surface area contributed by atoms with E-state index in [-0.39, 0.29) is 23.9 Å². The minimum atomic E-state index is -1.59. The predicted molar refractivity (Wildman–Crippen MR) is 101 cm³/mol. The van der Waals surface area contributed by atoms with Gasteiger partial charge in [-0.1, -0.05) is 83.5 Å². The van der Waals surface area contributed by atoms with Crippen LogP contribution in [0.1, 0.15) is 20.3 Å².